The van der Waals surface area contributed by atoms with Crippen LogP contribution in [0.1, 0.15) is 35.1 Å². The molecule has 0 N–H and O–H groups in total. The summed E-state index contributed by atoms with van der Waals surface area (Å²) in [4.78, 5) is 0. The van der Waals surface area contributed by atoms with Crippen molar-refractivity contribution in [2.24, 2.45) is 5.41 Å². The van der Waals surface area contributed by atoms with E-state index in [0.717, 1.165) is 16.9 Å². The van der Waals surface area contributed by atoms with E-state index in [-0.39, 0.29) is 5.92 Å². The zero-order valence-corrected chi connectivity index (χ0v) is 16.8. The van der Waals surface area contributed by atoms with Crippen molar-refractivity contribution >= 4 is 23.2 Å². The van der Waals surface area contributed by atoms with Crippen molar-refractivity contribution < 1.29 is 4.74 Å². The molecule has 0 bridgehead atoms. The number of hydrogen-bond acceptors (Lipinski definition) is 1. The first kappa shape index (κ1) is 17.2. The molecule has 3 aromatic carbocycles. The molecular formula is C24H20Cl2O. The maximum Gasteiger partial charge on any atom is 0.177 e. The molecule has 2 aliphatic rings. The minimum Gasteiger partial charge on any atom is -0.478 e. The Balaban J connectivity index is 1.79. The van der Waals surface area contributed by atoms with E-state index in [1.165, 1.54) is 11.1 Å². The summed E-state index contributed by atoms with van der Waals surface area (Å²) in [6.07, 6.45) is 0. The molecule has 0 spiro atoms. The Hall–Kier alpha value is -1.96. The Labute approximate surface area is 169 Å². The Morgan fingerprint density at radius 1 is 0.815 bits per heavy atom. The first-order chi connectivity index (χ1) is 12.9. The van der Waals surface area contributed by atoms with Crippen LogP contribution in [0.2, 0.25) is 0 Å². The van der Waals surface area contributed by atoms with E-state index in [9.17, 15) is 0 Å². The van der Waals surface area contributed by atoms with E-state index in [4.69, 9.17) is 27.9 Å². The highest BCUT2D eigenvalue weighted by atomic mass is 35.5. The quantitative estimate of drug-likeness (QED) is 0.444. The molecule has 0 aromatic heterocycles. The third-order valence-electron chi connectivity index (χ3n) is 6.42. The molecular weight excluding hydrogens is 375 g/mol. The molecule has 1 aliphatic carbocycles. The number of benzene rings is 3. The maximum atomic E-state index is 7.05. The summed E-state index contributed by atoms with van der Waals surface area (Å²) >= 11 is 14.1. The Morgan fingerprint density at radius 3 is 2.15 bits per heavy atom. The van der Waals surface area contributed by atoms with Gasteiger partial charge in [-0.25, -0.2) is 0 Å². The first-order valence-corrected chi connectivity index (χ1v) is 9.97. The number of alkyl halides is 2. The predicted octanol–water partition coefficient (Wildman–Crippen LogP) is 6.61. The second-order valence-electron chi connectivity index (χ2n) is 7.81. The average Bonchev–Trinajstić information content (AvgIpc) is 3.09. The van der Waals surface area contributed by atoms with Gasteiger partial charge in [0.2, 0.25) is 0 Å². The second kappa shape index (κ2) is 5.53. The number of hydrogen-bond donors (Lipinski definition) is 0. The van der Waals surface area contributed by atoms with Gasteiger partial charge in [0.15, 0.2) is 9.93 Å². The minimum absolute atomic E-state index is 0.0401. The van der Waals surface area contributed by atoms with Gasteiger partial charge >= 0.3 is 0 Å². The van der Waals surface area contributed by atoms with Crippen molar-refractivity contribution in [1.82, 2.24) is 0 Å². The highest BCUT2D eigenvalue weighted by Crippen LogP contribution is 2.85. The van der Waals surface area contributed by atoms with Crippen LogP contribution in [0.3, 0.4) is 0 Å². The normalized spacial score (nSPS) is 30.0. The third kappa shape index (κ3) is 1.97. The summed E-state index contributed by atoms with van der Waals surface area (Å²) in [6, 6.07) is 27.0. The Morgan fingerprint density at radius 2 is 1.44 bits per heavy atom. The van der Waals surface area contributed by atoms with Gasteiger partial charge < -0.3 is 4.74 Å². The van der Waals surface area contributed by atoms with E-state index >= 15 is 0 Å². The molecule has 3 aromatic rings. The number of aryl methyl sites for hydroxylation is 1. The Kier molecular flexibility index (Phi) is 3.51. The van der Waals surface area contributed by atoms with Gasteiger partial charge in [-0.05, 0) is 24.1 Å². The van der Waals surface area contributed by atoms with E-state index in [1.54, 1.807) is 0 Å². The number of halogens is 2. The van der Waals surface area contributed by atoms with Crippen LogP contribution in [0, 0.1) is 12.3 Å². The third-order valence-corrected chi connectivity index (χ3v) is 7.74. The van der Waals surface area contributed by atoms with Gasteiger partial charge in [-0.1, -0.05) is 108 Å². The molecule has 5 rings (SSSR count). The zero-order valence-electron chi connectivity index (χ0n) is 15.2. The Bertz CT molecular complexity index is 1010. The van der Waals surface area contributed by atoms with Crippen molar-refractivity contribution in [3.05, 3.63) is 101 Å². The summed E-state index contributed by atoms with van der Waals surface area (Å²) < 4.78 is 5.56. The smallest absolute Gasteiger partial charge is 0.177 e. The van der Waals surface area contributed by atoms with Crippen molar-refractivity contribution in [1.29, 1.82) is 0 Å². The molecule has 0 radical (unpaired) electrons. The number of ether oxygens (including phenoxy) is 1. The summed E-state index contributed by atoms with van der Waals surface area (Å²) in [7, 11) is 0. The topological polar surface area (TPSA) is 9.23 Å². The fraction of sp³-hybridized carbons (Fsp3) is 0.250. The lowest BCUT2D eigenvalue weighted by molar-refractivity contribution is 0.102. The van der Waals surface area contributed by atoms with Gasteiger partial charge in [-0.15, -0.1) is 0 Å². The van der Waals surface area contributed by atoms with Gasteiger partial charge in [-0.2, -0.15) is 0 Å². The molecule has 1 fully saturated rings. The number of para-hydroxylation sites is 1. The lowest BCUT2D eigenvalue weighted by Gasteiger charge is -2.36. The summed E-state index contributed by atoms with van der Waals surface area (Å²) in [5.41, 5.74) is 3.32. The molecule has 3 heteroatoms. The van der Waals surface area contributed by atoms with Gasteiger partial charge in [0.05, 0.1) is 5.41 Å². The molecule has 27 heavy (non-hydrogen) atoms. The zero-order chi connectivity index (χ0) is 18.9. The minimum atomic E-state index is -1.05. The summed E-state index contributed by atoms with van der Waals surface area (Å²) in [6.45, 7) is 4.25. The molecule has 1 saturated carbocycles. The first-order valence-electron chi connectivity index (χ1n) is 9.21. The van der Waals surface area contributed by atoms with Crippen LogP contribution in [0.25, 0.3) is 0 Å². The number of rotatable bonds is 2. The lowest BCUT2D eigenvalue weighted by atomic mass is 9.74. The average molecular weight is 395 g/mol. The molecule has 1 heterocycles. The van der Waals surface area contributed by atoms with Gasteiger partial charge in [-0.3, -0.25) is 0 Å². The van der Waals surface area contributed by atoms with E-state index in [0.29, 0.717) is 0 Å². The van der Waals surface area contributed by atoms with Gasteiger partial charge in [0.1, 0.15) is 5.75 Å². The van der Waals surface area contributed by atoms with E-state index < -0.39 is 15.3 Å². The van der Waals surface area contributed by atoms with Crippen LogP contribution < -0.4 is 4.74 Å². The van der Waals surface area contributed by atoms with Gasteiger partial charge in [0.25, 0.3) is 0 Å². The fourth-order valence-electron chi connectivity index (χ4n) is 4.94. The van der Waals surface area contributed by atoms with E-state index in [2.05, 4.69) is 62.4 Å². The van der Waals surface area contributed by atoms with Crippen molar-refractivity contribution in [2.75, 3.05) is 0 Å². The van der Waals surface area contributed by atoms with Crippen LogP contribution in [0.4, 0.5) is 0 Å². The molecule has 136 valence electrons. The van der Waals surface area contributed by atoms with E-state index in [1.807, 2.05) is 30.3 Å². The molecule has 0 saturated heterocycles. The highest BCUT2D eigenvalue weighted by molar-refractivity contribution is 6.53. The maximum absolute atomic E-state index is 7.05. The van der Waals surface area contributed by atoms with Crippen molar-refractivity contribution in [3.8, 4) is 5.75 Å². The summed E-state index contributed by atoms with van der Waals surface area (Å²) in [5.74, 6) is 0.894. The molecule has 1 nitrogen and oxygen atoms in total. The van der Waals surface area contributed by atoms with Crippen LogP contribution in [-0.2, 0) is 5.60 Å². The van der Waals surface area contributed by atoms with Gasteiger partial charge in [0, 0.05) is 11.5 Å². The fourth-order valence-corrected chi connectivity index (χ4v) is 6.02. The van der Waals surface area contributed by atoms with Crippen molar-refractivity contribution in [2.45, 2.75) is 29.7 Å². The lowest BCUT2D eigenvalue weighted by Crippen LogP contribution is -2.33. The standard InChI is InChI=1S/C24H20Cl2O/c1-16-12-14-17(15-13-16)21-19-10-6-7-11-20(19)27-23(18-8-4-3-5-9-18)22(21,2)24(23,25)26/h3-15,21H,1-2H3/t21-,22+,23+/m0/s1. The molecule has 1 aliphatic heterocycles. The SMILES string of the molecule is Cc1ccc([C@H]2c3ccccc3O[C@@]3(c4ccccc4)C(Cl)(Cl)[C@]23C)cc1. The van der Waals surface area contributed by atoms with Crippen LogP contribution >= 0.6 is 23.2 Å². The summed E-state index contributed by atoms with van der Waals surface area (Å²) in [5, 5.41) is 0. The molecule has 0 amide bonds. The van der Waals surface area contributed by atoms with Crippen LogP contribution in [0.5, 0.6) is 5.75 Å². The highest BCUT2D eigenvalue weighted by Gasteiger charge is 2.91. The van der Waals surface area contributed by atoms with Crippen LogP contribution in [-0.4, -0.2) is 4.33 Å². The number of fused-ring (bicyclic) bond motifs is 2. The van der Waals surface area contributed by atoms with Crippen molar-refractivity contribution in [3.63, 3.8) is 0 Å². The molecule has 0 unspecified atom stereocenters. The van der Waals surface area contributed by atoms with Crippen LogP contribution in [0.15, 0.2) is 78.9 Å². The predicted molar refractivity (Wildman–Crippen MR) is 111 cm³/mol. The largest absolute Gasteiger partial charge is 0.478 e. The second-order valence-corrected chi connectivity index (χ2v) is 9.13. The molecule has 3 atom stereocenters. The monoisotopic (exact) mass is 394 g/mol.